The van der Waals surface area contributed by atoms with Crippen molar-refractivity contribution in [2.45, 2.75) is 31.8 Å². The number of fused-ring (bicyclic) bond motifs is 1. The van der Waals surface area contributed by atoms with E-state index in [-0.39, 0.29) is 41.4 Å². The van der Waals surface area contributed by atoms with Crippen molar-refractivity contribution in [3.05, 3.63) is 59.3 Å². The number of alkyl halides is 6. The molecule has 4 rings (SSSR count). The monoisotopic (exact) mass is 574 g/mol. The predicted octanol–water partition coefficient (Wildman–Crippen LogP) is 5.39. The van der Waals surface area contributed by atoms with Crippen molar-refractivity contribution in [3.8, 4) is 5.75 Å². The van der Waals surface area contributed by atoms with Gasteiger partial charge in [-0.2, -0.15) is 18.3 Å². The summed E-state index contributed by atoms with van der Waals surface area (Å²) in [6.45, 7) is 3.06. The van der Waals surface area contributed by atoms with Gasteiger partial charge < -0.3 is 15.0 Å². The fourth-order valence-corrected chi connectivity index (χ4v) is 4.89. The summed E-state index contributed by atoms with van der Waals surface area (Å²) in [5, 5.41) is 7.79. The largest absolute Gasteiger partial charge is 0.573 e. The minimum absolute atomic E-state index is 0.0882. The van der Waals surface area contributed by atoms with Crippen LogP contribution in [0.5, 0.6) is 5.75 Å². The Kier molecular flexibility index (Phi) is 8.33. The van der Waals surface area contributed by atoms with E-state index in [1.807, 2.05) is 0 Å². The molecule has 0 bridgehead atoms. The number of amides is 2. The molecule has 1 unspecified atom stereocenters. The van der Waals surface area contributed by atoms with E-state index in [2.05, 4.69) is 15.2 Å². The molecule has 0 aliphatic carbocycles. The molecule has 1 N–H and O–H groups in total. The highest BCUT2D eigenvalue weighted by atomic mass is 32.2. The van der Waals surface area contributed by atoms with Gasteiger partial charge in [-0.15, -0.1) is 13.2 Å². The van der Waals surface area contributed by atoms with Gasteiger partial charge in [-0.25, -0.2) is 0 Å². The van der Waals surface area contributed by atoms with Gasteiger partial charge in [0, 0.05) is 54.6 Å². The number of benzene rings is 2. The highest BCUT2D eigenvalue weighted by molar-refractivity contribution is 8.00. The van der Waals surface area contributed by atoms with Crippen molar-refractivity contribution in [2.24, 2.45) is 5.92 Å². The van der Waals surface area contributed by atoms with Gasteiger partial charge in [-0.05, 0) is 73.0 Å². The first-order valence-electron chi connectivity index (χ1n) is 11.9. The number of nitrogens with zero attached hydrogens (tertiary/aromatic N) is 3. The Bertz CT molecular complexity index is 1340. The second-order valence-corrected chi connectivity index (χ2v) is 10.2. The Morgan fingerprint density at radius 1 is 1.10 bits per heavy atom. The van der Waals surface area contributed by atoms with Crippen LogP contribution >= 0.6 is 11.8 Å². The van der Waals surface area contributed by atoms with E-state index in [1.165, 1.54) is 12.1 Å². The first kappa shape index (κ1) is 28.6. The summed E-state index contributed by atoms with van der Waals surface area (Å²) < 4.78 is 79.4. The minimum Gasteiger partial charge on any atom is -0.406 e. The predicted molar refractivity (Wildman–Crippen MR) is 132 cm³/mol. The Labute approximate surface area is 223 Å². The lowest BCUT2D eigenvalue weighted by Crippen LogP contribution is -2.29. The van der Waals surface area contributed by atoms with Gasteiger partial charge in [-0.3, -0.25) is 14.3 Å². The molecule has 7 nitrogen and oxygen atoms in total. The molecule has 1 atom stereocenters. The Hall–Kier alpha value is -3.42. The molecule has 1 aliphatic heterocycles. The van der Waals surface area contributed by atoms with Crippen LogP contribution in [0.2, 0.25) is 0 Å². The van der Waals surface area contributed by atoms with E-state index in [1.54, 1.807) is 34.8 Å². The molecular formula is C25H24F6N4O3S. The molecule has 1 aromatic heterocycles. The molecule has 0 saturated carbocycles. The molecular weight excluding hydrogens is 550 g/mol. The van der Waals surface area contributed by atoms with Crippen molar-refractivity contribution in [1.82, 2.24) is 20.0 Å². The maximum absolute atomic E-state index is 12.8. The number of ether oxygens (including phenoxy) is 1. The summed E-state index contributed by atoms with van der Waals surface area (Å²) in [7, 11) is 0. The molecule has 1 fully saturated rings. The topological polar surface area (TPSA) is 76.5 Å². The maximum Gasteiger partial charge on any atom is 0.573 e. The molecule has 3 aromatic rings. The van der Waals surface area contributed by atoms with E-state index in [9.17, 15) is 35.9 Å². The molecule has 2 amide bonds. The molecule has 39 heavy (non-hydrogen) atoms. The Balaban J connectivity index is 1.35. The van der Waals surface area contributed by atoms with E-state index in [0.717, 1.165) is 17.5 Å². The summed E-state index contributed by atoms with van der Waals surface area (Å²) in [4.78, 5) is 26.9. The molecule has 2 aromatic carbocycles. The van der Waals surface area contributed by atoms with E-state index < -0.39 is 23.5 Å². The van der Waals surface area contributed by atoms with E-state index in [4.69, 9.17) is 0 Å². The smallest absolute Gasteiger partial charge is 0.406 e. The van der Waals surface area contributed by atoms with Crippen LogP contribution in [0.15, 0.2) is 42.6 Å². The first-order valence-corrected chi connectivity index (χ1v) is 12.9. The van der Waals surface area contributed by atoms with Gasteiger partial charge in [0.25, 0.3) is 11.8 Å². The standard InChI is InChI=1S/C25H24F6N4O3S/c1-15-19(22(36)32-9-11-39-25(29,30)31)6-7-21-20(15)14-35(33-21)13-16-8-10-34(12-16)23(37)17-2-4-18(5-3-17)38-24(26,27)28/h2-7,14,16H,8-13H2,1H3,(H,32,36). The zero-order chi connectivity index (χ0) is 28.4. The summed E-state index contributed by atoms with van der Waals surface area (Å²) in [5.41, 5.74) is -2.43. The van der Waals surface area contributed by atoms with Crippen LogP contribution in [0.4, 0.5) is 26.3 Å². The SMILES string of the molecule is Cc1c(C(=O)NCCSC(F)(F)F)ccc2nn(CC3CCN(C(=O)c4ccc(OC(F)(F)F)cc4)C3)cc12. The van der Waals surface area contributed by atoms with Crippen molar-refractivity contribution < 1.29 is 40.7 Å². The lowest BCUT2D eigenvalue weighted by molar-refractivity contribution is -0.274. The third-order valence-electron chi connectivity index (χ3n) is 6.26. The van der Waals surface area contributed by atoms with Crippen LogP contribution in [-0.2, 0) is 6.54 Å². The molecule has 210 valence electrons. The molecule has 0 radical (unpaired) electrons. The van der Waals surface area contributed by atoms with Gasteiger partial charge in [0.05, 0.1) is 5.52 Å². The summed E-state index contributed by atoms with van der Waals surface area (Å²) in [6.07, 6.45) is -2.30. The number of aromatic nitrogens is 2. The maximum atomic E-state index is 12.8. The molecule has 14 heteroatoms. The summed E-state index contributed by atoms with van der Waals surface area (Å²) >= 11 is -0.196. The van der Waals surface area contributed by atoms with Crippen molar-refractivity contribution in [2.75, 3.05) is 25.4 Å². The third kappa shape index (κ3) is 7.58. The molecule has 0 spiro atoms. The second kappa shape index (κ2) is 11.4. The van der Waals surface area contributed by atoms with E-state index >= 15 is 0 Å². The van der Waals surface area contributed by atoms with Crippen LogP contribution in [0.3, 0.4) is 0 Å². The number of likely N-dealkylation sites (tertiary alicyclic amines) is 1. The van der Waals surface area contributed by atoms with Crippen molar-refractivity contribution in [1.29, 1.82) is 0 Å². The molecule has 2 heterocycles. The summed E-state index contributed by atoms with van der Waals surface area (Å²) in [5.74, 6) is -1.35. The number of hydrogen-bond donors (Lipinski definition) is 1. The lowest BCUT2D eigenvalue weighted by atomic mass is 10.0. The lowest BCUT2D eigenvalue weighted by Gasteiger charge is -2.17. The van der Waals surface area contributed by atoms with Crippen LogP contribution in [-0.4, -0.2) is 63.8 Å². The minimum atomic E-state index is -4.81. The van der Waals surface area contributed by atoms with Crippen LogP contribution in [0.25, 0.3) is 10.9 Å². The average Bonchev–Trinajstić information content (AvgIpc) is 3.48. The number of halogens is 6. The molecule has 1 aliphatic rings. The van der Waals surface area contributed by atoms with Gasteiger partial charge in [0.15, 0.2) is 0 Å². The van der Waals surface area contributed by atoms with Crippen LogP contribution in [0, 0.1) is 12.8 Å². The first-order chi connectivity index (χ1) is 18.3. The number of carbonyl (C=O) groups is 2. The van der Waals surface area contributed by atoms with Gasteiger partial charge in [0.2, 0.25) is 0 Å². The van der Waals surface area contributed by atoms with Gasteiger partial charge in [0.1, 0.15) is 5.75 Å². The average molecular weight is 575 g/mol. The number of thioether (sulfide) groups is 1. The fourth-order valence-electron chi connectivity index (χ4n) is 4.46. The second-order valence-electron chi connectivity index (χ2n) is 9.05. The van der Waals surface area contributed by atoms with Crippen molar-refractivity contribution >= 4 is 34.5 Å². The zero-order valence-electron chi connectivity index (χ0n) is 20.6. The highest BCUT2D eigenvalue weighted by Crippen LogP contribution is 2.30. The fraction of sp³-hybridized carbons (Fsp3) is 0.400. The van der Waals surface area contributed by atoms with Gasteiger partial charge >= 0.3 is 11.9 Å². The zero-order valence-corrected chi connectivity index (χ0v) is 21.4. The highest BCUT2D eigenvalue weighted by Gasteiger charge is 2.32. The van der Waals surface area contributed by atoms with Gasteiger partial charge in [-0.1, -0.05) is 0 Å². The number of rotatable bonds is 8. The Morgan fingerprint density at radius 2 is 1.82 bits per heavy atom. The number of nitrogens with one attached hydrogen (secondary N) is 1. The molecule has 1 saturated heterocycles. The number of carbonyl (C=O) groups excluding carboxylic acids is 2. The summed E-state index contributed by atoms with van der Waals surface area (Å²) in [6, 6.07) is 8.05. The Morgan fingerprint density at radius 3 is 2.49 bits per heavy atom. The van der Waals surface area contributed by atoms with E-state index in [0.29, 0.717) is 42.7 Å². The third-order valence-corrected chi connectivity index (χ3v) is 6.99. The number of hydrogen-bond acceptors (Lipinski definition) is 5. The van der Waals surface area contributed by atoms with Crippen LogP contribution in [0.1, 0.15) is 32.7 Å². The number of aryl methyl sites for hydroxylation is 1. The normalized spacial score (nSPS) is 16.1. The van der Waals surface area contributed by atoms with Crippen molar-refractivity contribution in [3.63, 3.8) is 0 Å². The van der Waals surface area contributed by atoms with Crippen LogP contribution < -0.4 is 10.1 Å². The quantitative estimate of drug-likeness (QED) is 0.289.